The Kier molecular flexibility index (Phi) is 4.00. The van der Waals surface area contributed by atoms with Gasteiger partial charge >= 0.3 is 145 Å². The molecule has 0 radical (unpaired) electrons. The monoisotopic (exact) mass is 420 g/mol. The molecule has 0 saturated carbocycles. The molecular weight excluding hydrogens is 402 g/mol. The Bertz CT molecular complexity index is 724. The van der Waals surface area contributed by atoms with Gasteiger partial charge in [0.1, 0.15) is 0 Å². The number of phenolic OH excluding ortho intramolecular Hbond substituents is 1. The van der Waals surface area contributed by atoms with Gasteiger partial charge in [-0.25, -0.2) is 0 Å². The number of benzene rings is 3. The number of hydrogen-bond acceptors (Lipinski definition) is 1. The van der Waals surface area contributed by atoms with Gasteiger partial charge in [0, 0.05) is 0 Å². The van der Waals surface area contributed by atoms with Crippen LogP contribution >= 0.6 is 26.3 Å². The normalized spacial score (nSPS) is 13.3. The summed E-state index contributed by atoms with van der Waals surface area (Å²) in [6.45, 7) is 2.36. The minimum absolute atomic E-state index is 0.305. The second-order valence-electron chi connectivity index (χ2n) is 5.62. The van der Waals surface area contributed by atoms with Gasteiger partial charge in [-0.05, 0) is 0 Å². The van der Waals surface area contributed by atoms with Crippen molar-refractivity contribution >= 4 is 42.2 Å². The molecule has 3 aromatic carbocycles. The van der Waals surface area contributed by atoms with E-state index >= 15 is 0 Å². The van der Waals surface area contributed by atoms with Crippen molar-refractivity contribution in [2.75, 3.05) is 6.66 Å². The third kappa shape index (κ3) is 2.45. The maximum absolute atomic E-state index is 9.66. The van der Waals surface area contributed by atoms with E-state index in [9.17, 15) is 5.11 Å². The molecule has 22 heavy (non-hydrogen) atoms. The zero-order valence-electron chi connectivity index (χ0n) is 12.4. The third-order valence-electron chi connectivity index (χ3n) is 4.20. The third-order valence-corrected chi connectivity index (χ3v) is 13.8. The molecule has 0 bridgehead atoms. The van der Waals surface area contributed by atoms with Crippen molar-refractivity contribution in [2.45, 2.75) is 0 Å². The Morgan fingerprint density at radius 3 is 1.41 bits per heavy atom. The van der Waals surface area contributed by atoms with Gasteiger partial charge in [0.25, 0.3) is 0 Å². The molecule has 1 N–H and O–H groups in total. The fourth-order valence-electron chi connectivity index (χ4n) is 2.82. The van der Waals surface area contributed by atoms with Gasteiger partial charge in [0.2, 0.25) is 0 Å². The van der Waals surface area contributed by atoms with Gasteiger partial charge in [-0.2, -0.15) is 0 Å². The Labute approximate surface area is 144 Å². The van der Waals surface area contributed by atoms with Crippen LogP contribution in [0.15, 0.2) is 84.9 Å². The van der Waals surface area contributed by atoms with Crippen LogP contribution in [0.4, 0.5) is 0 Å². The van der Waals surface area contributed by atoms with Crippen molar-refractivity contribution in [1.82, 2.24) is 0 Å². The van der Waals surface area contributed by atoms with Gasteiger partial charge in [-0.15, -0.1) is 0 Å². The van der Waals surface area contributed by atoms with E-state index in [0.717, 1.165) is 0 Å². The first-order valence-electron chi connectivity index (χ1n) is 7.15. The van der Waals surface area contributed by atoms with E-state index in [1.807, 2.05) is 0 Å². The number of hydrogen-bond donors (Lipinski definition) is 1. The van der Waals surface area contributed by atoms with E-state index < -0.39 is 4.25 Å². The zero-order valence-corrected chi connectivity index (χ0v) is 15.4. The van der Waals surface area contributed by atoms with Crippen LogP contribution in [0.1, 0.15) is 0 Å². The van der Waals surface area contributed by atoms with Crippen LogP contribution in [0.2, 0.25) is 0 Å². The van der Waals surface area contributed by atoms with E-state index in [2.05, 4.69) is 102 Å². The van der Waals surface area contributed by atoms with E-state index in [1.165, 1.54) is 15.9 Å². The van der Waals surface area contributed by atoms with Gasteiger partial charge in [0.15, 0.2) is 0 Å². The molecule has 3 heteroatoms. The molecule has 0 aliphatic heterocycles. The van der Waals surface area contributed by atoms with Crippen LogP contribution < -0.4 is 15.9 Å². The second-order valence-corrected chi connectivity index (χ2v) is 17.3. The maximum atomic E-state index is 9.66. The predicted octanol–water partition coefficient (Wildman–Crippen LogP) is 4.20. The molecule has 0 saturated heterocycles. The molecular formula is C19H18IOP. The molecule has 0 fully saturated rings. The van der Waals surface area contributed by atoms with Crippen LogP contribution in [-0.4, -0.2) is 11.8 Å². The number of rotatable bonds is 3. The first-order valence-corrected chi connectivity index (χ1v) is 12.6. The fraction of sp³-hybridized carbons (Fsp3) is 0.0526. The van der Waals surface area contributed by atoms with E-state index in [1.54, 1.807) is 12.1 Å². The molecule has 3 rings (SSSR count). The average Bonchev–Trinajstić information content (AvgIpc) is 2.57. The van der Waals surface area contributed by atoms with Crippen molar-refractivity contribution < 1.29 is 5.11 Å². The summed E-state index contributed by atoms with van der Waals surface area (Å²) < 4.78 is -2.54. The van der Waals surface area contributed by atoms with Crippen LogP contribution in [-0.2, 0) is 0 Å². The van der Waals surface area contributed by atoms with E-state index in [-0.39, 0.29) is 0 Å². The Hall–Kier alpha value is -1.38. The standard InChI is InChI=1S/C19H18IOP/c1-22(20,17-8-4-2-5-9-17,18-10-6-3-7-11-18)19-14-12-16(21)13-15-19/h2-15,21H,1H3. The summed E-state index contributed by atoms with van der Waals surface area (Å²) in [6.07, 6.45) is 0. The number of phenols is 1. The molecule has 112 valence electrons. The zero-order chi connectivity index (χ0) is 15.7. The molecule has 0 spiro atoms. The Balaban J connectivity index is 2.34. The Morgan fingerprint density at radius 1 is 0.636 bits per heavy atom. The summed E-state index contributed by atoms with van der Waals surface area (Å²) in [4.78, 5) is 0. The number of halogens is 1. The van der Waals surface area contributed by atoms with E-state index in [4.69, 9.17) is 0 Å². The molecule has 1 nitrogen and oxygen atoms in total. The molecule has 0 aromatic heterocycles. The molecule has 0 amide bonds. The molecule has 0 unspecified atom stereocenters. The van der Waals surface area contributed by atoms with Gasteiger partial charge in [0.05, 0.1) is 0 Å². The van der Waals surface area contributed by atoms with Crippen molar-refractivity contribution in [3.8, 4) is 5.75 Å². The quantitative estimate of drug-likeness (QED) is 0.498. The summed E-state index contributed by atoms with van der Waals surface area (Å²) in [5, 5.41) is 13.6. The minimum atomic E-state index is -2.54. The topological polar surface area (TPSA) is 20.2 Å². The van der Waals surface area contributed by atoms with Crippen LogP contribution in [0.5, 0.6) is 5.75 Å². The SMILES string of the molecule is CP(I)(c1ccccc1)(c1ccccc1)c1ccc(O)cc1. The predicted molar refractivity (Wildman–Crippen MR) is 107 cm³/mol. The van der Waals surface area contributed by atoms with Crippen molar-refractivity contribution in [2.24, 2.45) is 0 Å². The van der Waals surface area contributed by atoms with Crippen molar-refractivity contribution in [3.63, 3.8) is 0 Å². The molecule has 3 aromatic rings. The summed E-state index contributed by atoms with van der Waals surface area (Å²) in [6, 6.07) is 29.0. The Morgan fingerprint density at radius 2 is 1.00 bits per heavy atom. The second kappa shape index (κ2) is 5.68. The molecule has 0 aliphatic carbocycles. The summed E-state index contributed by atoms with van der Waals surface area (Å²) in [7, 11) is 0. The van der Waals surface area contributed by atoms with Gasteiger partial charge in [-0.3, -0.25) is 0 Å². The average molecular weight is 420 g/mol. The van der Waals surface area contributed by atoms with Gasteiger partial charge in [-0.1, -0.05) is 0 Å². The fourth-order valence-corrected chi connectivity index (χ4v) is 9.23. The summed E-state index contributed by atoms with van der Waals surface area (Å²) >= 11 is 2.67. The van der Waals surface area contributed by atoms with E-state index in [0.29, 0.717) is 5.75 Å². The van der Waals surface area contributed by atoms with Gasteiger partial charge < -0.3 is 0 Å². The first-order chi connectivity index (χ1) is 10.5. The number of aromatic hydroxyl groups is 1. The van der Waals surface area contributed by atoms with Crippen LogP contribution in [0, 0.1) is 0 Å². The van der Waals surface area contributed by atoms with Crippen LogP contribution in [0.25, 0.3) is 0 Å². The molecule has 0 heterocycles. The molecule has 0 atom stereocenters. The summed E-state index contributed by atoms with van der Waals surface area (Å²) in [5.41, 5.74) is 0. The summed E-state index contributed by atoms with van der Waals surface area (Å²) in [5.74, 6) is 0.305. The first kappa shape index (κ1) is 15.5. The van der Waals surface area contributed by atoms with Crippen LogP contribution in [0.3, 0.4) is 0 Å². The molecule has 0 aliphatic rings. The van der Waals surface area contributed by atoms with Crippen molar-refractivity contribution in [1.29, 1.82) is 0 Å². The van der Waals surface area contributed by atoms with Crippen molar-refractivity contribution in [3.05, 3.63) is 84.9 Å².